The highest BCUT2D eigenvalue weighted by atomic mass is 15.9. The Morgan fingerprint density at radius 3 is 3.00 bits per heavy atom. The SMILES string of the molecule is C1=CC2CCC3CCN4NNN(C1)C4C23. The number of allylic oxidation sites excluding steroid dienone is 1. The summed E-state index contributed by atoms with van der Waals surface area (Å²) in [4.78, 5) is 0. The second kappa shape index (κ2) is 3.04. The van der Waals surface area contributed by atoms with Crippen LogP contribution in [0.3, 0.4) is 0 Å². The molecule has 0 bridgehead atoms. The van der Waals surface area contributed by atoms with E-state index in [1.165, 1.54) is 25.8 Å². The summed E-state index contributed by atoms with van der Waals surface area (Å²) in [7, 11) is 0. The topological polar surface area (TPSA) is 30.5 Å². The molecule has 3 fully saturated rings. The Labute approximate surface area is 90.2 Å². The summed E-state index contributed by atoms with van der Waals surface area (Å²) in [6, 6.07) is 0. The molecule has 3 heterocycles. The molecule has 1 aliphatic carbocycles. The first kappa shape index (κ1) is 8.70. The first-order valence-electron chi connectivity index (χ1n) is 6.15. The van der Waals surface area contributed by atoms with E-state index in [2.05, 4.69) is 33.2 Å². The standard InChI is InChI=1S/C11H18N4/c1-2-8-3-4-9-5-7-15-11(10(8)9)14(6-1)12-13-15/h1-2,8-13H,3-7H2. The quantitative estimate of drug-likeness (QED) is 0.564. The lowest BCUT2D eigenvalue weighted by molar-refractivity contribution is -0.000989. The van der Waals surface area contributed by atoms with Crippen molar-refractivity contribution in [3.05, 3.63) is 12.2 Å². The molecule has 82 valence electrons. The molecule has 4 aliphatic rings. The van der Waals surface area contributed by atoms with Crippen molar-refractivity contribution in [1.29, 1.82) is 0 Å². The van der Waals surface area contributed by atoms with Gasteiger partial charge in [0.05, 0.1) is 6.17 Å². The molecule has 4 atom stereocenters. The van der Waals surface area contributed by atoms with E-state index < -0.39 is 0 Å². The first-order chi connectivity index (χ1) is 7.43. The van der Waals surface area contributed by atoms with Gasteiger partial charge in [-0.1, -0.05) is 12.2 Å². The minimum absolute atomic E-state index is 0.589. The molecule has 0 aromatic carbocycles. The molecule has 4 nitrogen and oxygen atoms in total. The van der Waals surface area contributed by atoms with Crippen LogP contribution in [0.15, 0.2) is 12.2 Å². The van der Waals surface area contributed by atoms with E-state index in [-0.39, 0.29) is 0 Å². The van der Waals surface area contributed by atoms with Crippen LogP contribution < -0.4 is 11.1 Å². The van der Waals surface area contributed by atoms with Gasteiger partial charge < -0.3 is 0 Å². The minimum atomic E-state index is 0.589. The fourth-order valence-electron chi connectivity index (χ4n) is 4.01. The van der Waals surface area contributed by atoms with Crippen LogP contribution in [-0.4, -0.2) is 29.3 Å². The zero-order chi connectivity index (χ0) is 9.83. The largest absolute Gasteiger partial charge is 0.211 e. The van der Waals surface area contributed by atoms with Crippen LogP contribution in [0, 0.1) is 17.8 Å². The number of nitrogens with zero attached hydrogens (tertiary/aromatic N) is 2. The third-order valence-corrected chi connectivity index (χ3v) is 4.66. The van der Waals surface area contributed by atoms with Gasteiger partial charge in [0.1, 0.15) is 0 Å². The fourth-order valence-corrected chi connectivity index (χ4v) is 4.01. The molecule has 0 amide bonds. The van der Waals surface area contributed by atoms with Crippen LogP contribution in [-0.2, 0) is 0 Å². The molecule has 2 saturated heterocycles. The van der Waals surface area contributed by atoms with Crippen molar-refractivity contribution in [2.45, 2.75) is 25.4 Å². The van der Waals surface area contributed by atoms with Crippen molar-refractivity contribution < 1.29 is 0 Å². The maximum absolute atomic E-state index is 3.30. The molecule has 4 unspecified atom stereocenters. The van der Waals surface area contributed by atoms with E-state index in [4.69, 9.17) is 0 Å². The summed E-state index contributed by atoms with van der Waals surface area (Å²) in [6.45, 7) is 2.23. The van der Waals surface area contributed by atoms with Crippen LogP contribution >= 0.6 is 0 Å². The van der Waals surface area contributed by atoms with Crippen molar-refractivity contribution in [2.24, 2.45) is 17.8 Å². The normalized spacial score (nSPS) is 49.3. The highest BCUT2D eigenvalue weighted by Gasteiger charge is 2.50. The van der Waals surface area contributed by atoms with Gasteiger partial charge in [-0.15, -0.1) is 0 Å². The van der Waals surface area contributed by atoms with Gasteiger partial charge in [-0.2, -0.15) is 11.1 Å². The summed E-state index contributed by atoms with van der Waals surface area (Å²) in [6.07, 6.45) is 9.61. The Balaban J connectivity index is 1.76. The molecule has 0 radical (unpaired) electrons. The maximum Gasteiger partial charge on any atom is 0.0955 e. The van der Waals surface area contributed by atoms with Crippen LogP contribution in [0.4, 0.5) is 0 Å². The second-order valence-corrected chi connectivity index (χ2v) is 5.28. The van der Waals surface area contributed by atoms with E-state index in [1.54, 1.807) is 0 Å². The van der Waals surface area contributed by atoms with Gasteiger partial charge in [0.25, 0.3) is 0 Å². The lowest BCUT2D eigenvalue weighted by Gasteiger charge is -2.40. The van der Waals surface area contributed by atoms with Gasteiger partial charge in [-0.3, -0.25) is 0 Å². The monoisotopic (exact) mass is 206 g/mol. The molecule has 0 aromatic rings. The molecule has 0 spiro atoms. The molecule has 2 N–H and O–H groups in total. The first-order valence-corrected chi connectivity index (χ1v) is 6.15. The highest BCUT2D eigenvalue weighted by Crippen LogP contribution is 2.47. The number of piperidine rings is 1. The van der Waals surface area contributed by atoms with Crippen molar-refractivity contribution in [3.8, 4) is 0 Å². The molecule has 4 rings (SSSR count). The average Bonchev–Trinajstić information content (AvgIpc) is 2.78. The van der Waals surface area contributed by atoms with Gasteiger partial charge >= 0.3 is 0 Å². The Kier molecular flexibility index (Phi) is 1.76. The molecule has 3 aliphatic heterocycles. The smallest absolute Gasteiger partial charge is 0.0955 e. The number of nitrogens with one attached hydrogen (secondary N) is 2. The fraction of sp³-hybridized carbons (Fsp3) is 0.818. The van der Waals surface area contributed by atoms with Crippen molar-refractivity contribution in [3.63, 3.8) is 0 Å². The Morgan fingerprint density at radius 2 is 2.00 bits per heavy atom. The molecule has 0 aromatic heterocycles. The third kappa shape index (κ3) is 1.11. The lowest BCUT2D eigenvalue weighted by Crippen LogP contribution is -2.52. The highest BCUT2D eigenvalue weighted by molar-refractivity contribution is 5.07. The molecular weight excluding hydrogens is 188 g/mol. The van der Waals surface area contributed by atoms with Gasteiger partial charge in [-0.25, -0.2) is 10.0 Å². The third-order valence-electron chi connectivity index (χ3n) is 4.66. The Bertz CT molecular complexity index is 303. The minimum Gasteiger partial charge on any atom is -0.211 e. The van der Waals surface area contributed by atoms with E-state index >= 15 is 0 Å². The predicted molar refractivity (Wildman–Crippen MR) is 56.9 cm³/mol. The van der Waals surface area contributed by atoms with E-state index in [0.717, 1.165) is 24.3 Å². The lowest BCUT2D eigenvalue weighted by atomic mass is 9.82. The molecule has 15 heavy (non-hydrogen) atoms. The van der Waals surface area contributed by atoms with Crippen molar-refractivity contribution in [2.75, 3.05) is 13.1 Å². The summed E-state index contributed by atoms with van der Waals surface area (Å²) in [5.74, 6) is 2.64. The second-order valence-electron chi connectivity index (χ2n) is 5.28. The number of hydrogen-bond donors (Lipinski definition) is 2. The zero-order valence-electron chi connectivity index (χ0n) is 8.89. The van der Waals surface area contributed by atoms with Crippen LogP contribution in [0.25, 0.3) is 0 Å². The number of hydrogen-bond acceptors (Lipinski definition) is 4. The average molecular weight is 206 g/mol. The van der Waals surface area contributed by atoms with Gasteiger partial charge in [0.15, 0.2) is 0 Å². The maximum atomic E-state index is 3.30. The van der Waals surface area contributed by atoms with Gasteiger partial charge in [0.2, 0.25) is 0 Å². The van der Waals surface area contributed by atoms with Crippen molar-refractivity contribution >= 4 is 0 Å². The molecular formula is C11H18N4. The van der Waals surface area contributed by atoms with E-state index in [0.29, 0.717) is 6.17 Å². The Hall–Kier alpha value is -0.420. The van der Waals surface area contributed by atoms with Gasteiger partial charge in [-0.05, 0) is 37.0 Å². The summed E-state index contributed by atoms with van der Waals surface area (Å²) in [5.41, 5.74) is 6.60. The van der Waals surface area contributed by atoms with Crippen LogP contribution in [0.5, 0.6) is 0 Å². The summed E-state index contributed by atoms with van der Waals surface area (Å²) in [5, 5.41) is 4.76. The zero-order valence-corrected chi connectivity index (χ0v) is 8.89. The summed E-state index contributed by atoms with van der Waals surface area (Å²) >= 11 is 0. The van der Waals surface area contributed by atoms with E-state index in [1.807, 2.05) is 0 Å². The van der Waals surface area contributed by atoms with E-state index in [9.17, 15) is 0 Å². The van der Waals surface area contributed by atoms with Gasteiger partial charge in [0, 0.05) is 13.1 Å². The molecule has 1 saturated carbocycles. The number of hydrazine groups is 3. The Morgan fingerprint density at radius 1 is 1.07 bits per heavy atom. The van der Waals surface area contributed by atoms with Crippen molar-refractivity contribution in [1.82, 2.24) is 21.1 Å². The van der Waals surface area contributed by atoms with Crippen LogP contribution in [0.1, 0.15) is 19.3 Å². The number of rotatable bonds is 0. The van der Waals surface area contributed by atoms with Crippen LogP contribution in [0.2, 0.25) is 0 Å². The molecule has 4 heteroatoms. The summed E-state index contributed by atoms with van der Waals surface area (Å²) < 4.78 is 0. The predicted octanol–water partition coefficient (Wildman–Crippen LogP) is 0.470.